The third-order valence-electron chi connectivity index (χ3n) is 4.61. The number of aromatic nitrogens is 2. The van der Waals surface area contributed by atoms with Crippen LogP contribution in [0.3, 0.4) is 0 Å². The van der Waals surface area contributed by atoms with Crippen LogP contribution in [-0.4, -0.2) is 15.3 Å². The van der Waals surface area contributed by atoms with Crippen molar-refractivity contribution in [2.75, 3.05) is 5.32 Å². The van der Waals surface area contributed by atoms with Crippen molar-refractivity contribution in [3.8, 4) is 11.3 Å². The molecule has 134 valence electrons. The number of aryl methyl sites for hydroxylation is 1. The second-order valence-corrected chi connectivity index (χ2v) is 7.12. The summed E-state index contributed by atoms with van der Waals surface area (Å²) in [4.78, 5) is 30.7. The van der Waals surface area contributed by atoms with Crippen LogP contribution in [0.1, 0.15) is 21.5 Å². The fraction of sp³-hybridized carbons (Fsp3) is 0.0952. The summed E-state index contributed by atoms with van der Waals surface area (Å²) in [5, 5.41) is 4.72. The first-order valence-corrected chi connectivity index (χ1v) is 9.36. The lowest BCUT2D eigenvalue weighted by molar-refractivity contribution is 0.102. The Morgan fingerprint density at radius 3 is 2.63 bits per heavy atom. The zero-order valence-electron chi connectivity index (χ0n) is 14.9. The zero-order chi connectivity index (χ0) is 19.0. The molecule has 5 nitrogen and oxygen atoms in total. The van der Waals surface area contributed by atoms with Crippen molar-refractivity contribution in [1.82, 2.24) is 9.38 Å². The van der Waals surface area contributed by atoms with E-state index in [2.05, 4.69) is 10.3 Å². The van der Waals surface area contributed by atoms with Crippen molar-refractivity contribution in [2.45, 2.75) is 13.8 Å². The molecule has 0 fully saturated rings. The average Bonchev–Trinajstić information content (AvgIpc) is 3.11. The van der Waals surface area contributed by atoms with Gasteiger partial charge in [-0.05, 0) is 36.6 Å². The highest BCUT2D eigenvalue weighted by atomic mass is 32.1. The molecule has 1 amide bonds. The quantitative estimate of drug-likeness (QED) is 0.581. The maximum Gasteiger partial charge on any atom is 0.271 e. The van der Waals surface area contributed by atoms with Crippen molar-refractivity contribution >= 4 is 27.9 Å². The smallest absolute Gasteiger partial charge is 0.271 e. The summed E-state index contributed by atoms with van der Waals surface area (Å²) in [6, 6.07) is 15.3. The van der Waals surface area contributed by atoms with E-state index in [1.165, 1.54) is 21.9 Å². The second-order valence-electron chi connectivity index (χ2n) is 6.28. The molecule has 2 heterocycles. The van der Waals surface area contributed by atoms with Gasteiger partial charge in [-0.3, -0.25) is 14.0 Å². The predicted octanol–water partition coefficient (Wildman–Crippen LogP) is 4.29. The molecule has 0 bridgehead atoms. The van der Waals surface area contributed by atoms with Crippen LogP contribution in [-0.2, 0) is 0 Å². The van der Waals surface area contributed by atoms with E-state index in [0.29, 0.717) is 10.6 Å². The minimum atomic E-state index is -0.458. The molecule has 0 radical (unpaired) electrons. The average molecular weight is 375 g/mol. The van der Waals surface area contributed by atoms with Gasteiger partial charge >= 0.3 is 0 Å². The third-order valence-corrected chi connectivity index (χ3v) is 5.45. The summed E-state index contributed by atoms with van der Waals surface area (Å²) in [6.45, 7) is 3.91. The first kappa shape index (κ1) is 17.2. The van der Waals surface area contributed by atoms with Crippen LogP contribution in [0.2, 0.25) is 0 Å². The molecule has 0 aliphatic rings. The number of carbonyl (C=O) groups excluding carboxylic acids is 1. The highest BCUT2D eigenvalue weighted by Crippen LogP contribution is 2.24. The predicted molar refractivity (Wildman–Crippen MR) is 109 cm³/mol. The van der Waals surface area contributed by atoms with E-state index in [1.807, 2.05) is 67.8 Å². The van der Waals surface area contributed by atoms with Gasteiger partial charge in [-0.25, -0.2) is 4.98 Å². The van der Waals surface area contributed by atoms with Crippen LogP contribution in [0.4, 0.5) is 5.69 Å². The van der Waals surface area contributed by atoms with Gasteiger partial charge in [0.1, 0.15) is 5.56 Å². The molecule has 2 aromatic heterocycles. The SMILES string of the molecule is Cc1cccc(NC(=O)c2cnc3scc(-c4ccccc4)n3c2=O)c1C. The highest BCUT2D eigenvalue weighted by Gasteiger charge is 2.17. The largest absolute Gasteiger partial charge is 0.322 e. The Kier molecular flexibility index (Phi) is 4.33. The van der Waals surface area contributed by atoms with Crippen LogP contribution in [0.15, 0.2) is 64.9 Å². The maximum atomic E-state index is 13.0. The number of nitrogens with one attached hydrogen (secondary N) is 1. The van der Waals surface area contributed by atoms with E-state index < -0.39 is 5.91 Å². The number of rotatable bonds is 3. The molecule has 27 heavy (non-hydrogen) atoms. The first-order chi connectivity index (χ1) is 13.1. The zero-order valence-corrected chi connectivity index (χ0v) is 15.7. The van der Waals surface area contributed by atoms with Crippen molar-refractivity contribution in [2.24, 2.45) is 0 Å². The Bertz CT molecular complexity index is 1210. The van der Waals surface area contributed by atoms with Gasteiger partial charge in [0.05, 0.1) is 5.69 Å². The minimum absolute atomic E-state index is 0.0176. The molecule has 0 aliphatic heterocycles. The Balaban J connectivity index is 1.79. The molecule has 0 spiro atoms. The Morgan fingerprint density at radius 1 is 1.07 bits per heavy atom. The van der Waals surface area contributed by atoms with E-state index in [9.17, 15) is 9.59 Å². The number of amides is 1. The summed E-state index contributed by atoms with van der Waals surface area (Å²) >= 11 is 1.37. The number of hydrogen-bond acceptors (Lipinski definition) is 4. The molecule has 0 unspecified atom stereocenters. The summed E-state index contributed by atoms with van der Waals surface area (Å²) in [5.41, 5.74) is 4.02. The maximum absolute atomic E-state index is 13.0. The summed E-state index contributed by atoms with van der Waals surface area (Å²) in [6.07, 6.45) is 1.35. The standard InChI is InChI=1S/C21H17N3O2S/c1-13-7-6-10-17(14(13)2)23-19(25)16-11-22-21-24(20(16)26)18(12-27-21)15-8-4-3-5-9-15/h3-12H,1-2H3,(H,23,25). The number of nitrogens with zero attached hydrogens (tertiary/aromatic N) is 2. The Morgan fingerprint density at radius 2 is 1.85 bits per heavy atom. The van der Waals surface area contributed by atoms with Crippen LogP contribution in [0.5, 0.6) is 0 Å². The summed E-state index contributed by atoms with van der Waals surface area (Å²) in [5.74, 6) is -0.458. The molecule has 0 aliphatic carbocycles. The van der Waals surface area contributed by atoms with Crippen molar-refractivity contribution in [3.05, 3.63) is 87.2 Å². The van der Waals surface area contributed by atoms with E-state index in [-0.39, 0.29) is 11.1 Å². The van der Waals surface area contributed by atoms with Crippen molar-refractivity contribution in [3.63, 3.8) is 0 Å². The van der Waals surface area contributed by atoms with Crippen LogP contribution in [0.25, 0.3) is 16.2 Å². The van der Waals surface area contributed by atoms with Gasteiger partial charge in [0.25, 0.3) is 11.5 Å². The third kappa shape index (κ3) is 3.04. The molecule has 2 aromatic carbocycles. The summed E-state index contributed by atoms with van der Waals surface area (Å²) in [7, 11) is 0. The molecular weight excluding hydrogens is 358 g/mol. The molecule has 0 atom stereocenters. The first-order valence-electron chi connectivity index (χ1n) is 8.48. The fourth-order valence-corrected chi connectivity index (χ4v) is 3.79. The lowest BCUT2D eigenvalue weighted by Crippen LogP contribution is -2.26. The van der Waals surface area contributed by atoms with E-state index in [0.717, 1.165) is 22.4 Å². The van der Waals surface area contributed by atoms with Gasteiger partial charge < -0.3 is 5.32 Å². The lowest BCUT2D eigenvalue weighted by Gasteiger charge is -2.10. The van der Waals surface area contributed by atoms with Gasteiger partial charge in [0.15, 0.2) is 4.96 Å². The molecule has 4 aromatic rings. The van der Waals surface area contributed by atoms with Crippen molar-refractivity contribution < 1.29 is 4.79 Å². The Labute approximate surface area is 160 Å². The van der Waals surface area contributed by atoms with Crippen LogP contribution in [0, 0.1) is 13.8 Å². The van der Waals surface area contributed by atoms with Gasteiger partial charge in [-0.2, -0.15) is 0 Å². The lowest BCUT2D eigenvalue weighted by atomic mass is 10.1. The monoisotopic (exact) mass is 375 g/mol. The Hall–Kier alpha value is -3.25. The highest BCUT2D eigenvalue weighted by molar-refractivity contribution is 7.15. The topological polar surface area (TPSA) is 63.5 Å². The van der Waals surface area contributed by atoms with Gasteiger partial charge in [0, 0.05) is 17.3 Å². The number of thiazole rings is 1. The van der Waals surface area contributed by atoms with Gasteiger partial charge in [0.2, 0.25) is 0 Å². The van der Waals surface area contributed by atoms with E-state index in [4.69, 9.17) is 0 Å². The number of fused-ring (bicyclic) bond motifs is 1. The van der Waals surface area contributed by atoms with Gasteiger partial charge in [-0.15, -0.1) is 11.3 Å². The van der Waals surface area contributed by atoms with Gasteiger partial charge in [-0.1, -0.05) is 42.5 Å². The number of benzene rings is 2. The molecule has 0 saturated carbocycles. The number of hydrogen-bond donors (Lipinski definition) is 1. The van der Waals surface area contributed by atoms with Crippen molar-refractivity contribution in [1.29, 1.82) is 0 Å². The number of anilines is 1. The molecule has 1 N–H and O–H groups in total. The molecule has 0 saturated heterocycles. The molecule has 4 rings (SSSR count). The van der Waals surface area contributed by atoms with E-state index >= 15 is 0 Å². The van der Waals surface area contributed by atoms with Crippen LogP contribution < -0.4 is 10.9 Å². The van der Waals surface area contributed by atoms with E-state index in [1.54, 1.807) is 0 Å². The van der Waals surface area contributed by atoms with Crippen LogP contribution >= 0.6 is 11.3 Å². The molecule has 6 heteroatoms. The normalized spacial score (nSPS) is 10.9. The molecular formula is C21H17N3O2S. The number of carbonyl (C=O) groups is 1. The summed E-state index contributed by atoms with van der Waals surface area (Å²) < 4.78 is 1.50. The fourth-order valence-electron chi connectivity index (χ4n) is 2.93. The second kappa shape index (κ2) is 6.81. The minimum Gasteiger partial charge on any atom is -0.322 e.